The first-order valence-corrected chi connectivity index (χ1v) is 9.06. The molecular formula is C20H19ClN4O4. The van der Waals surface area contributed by atoms with Crippen LogP contribution in [0.3, 0.4) is 0 Å². The molecule has 0 spiro atoms. The molecular weight excluding hydrogens is 396 g/mol. The minimum atomic E-state index is -0.693. The van der Waals surface area contributed by atoms with Crippen LogP contribution in [0.4, 0.5) is 5.82 Å². The van der Waals surface area contributed by atoms with Crippen molar-refractivity contribution in [1.82, 2.24) is 14.3 Å². The molecule has 0 fully saturated rings. The van der Waals surface area contributed by atoms with E-state index in [4.69, 9.17) is 16.3 Å². The second-order valence-electron chi connectivity index (χ2n) is 6.45. The monoisotopic (exact) mass is 414 g/mol. The Morgan fingerprint density at radius 1 is 1.14 bits per heavy atom. The first-order valence-electron chi connectivity index (χ1n) is 8.69. The molecule has 0 atom stereocenters. The van der Waals surface area contributed by atoms with Gasteiger partial charge in [-0.15, -0.1) is 0 Å². The van der Waals surface area contributed by atoms with Crippen molar-refractivity contribution < 1.29 is 19.1 Å². The van der Waals surface area contributed by atoms with Crippen molar-refractivity contribution in [2.45, 2.75) is 6.92 Å². The average Bonchev–Trinajstić information content (AvgIpc) is 3.23. The first kappa shape index (κ1) is 20.3. The molecule has 0 bridgehead atoms. The van der Waals surface area contributed by atoms with Crippen LogP contribution in [0, 0.1) is 0 Å². The smallest absolute Gasteiger partial charge is 0.355 e. The van der Waals surface area contributed by atoms with Gasteiger partial charge in [-0.1, -0.05) is 23.7 Å². The third-order valence-corrected chi connectivity index (χ3v) is 4.49. The van der Waals surface area contributed by atoms with Crippen molar-refractivity contribution in [1.29, 1.82) is 0 Å². The molecule has 29 heavy (non-hydrogen) atoms. The van der Waals surface area contributed by atoms with Crippen molar-refractivity contribution in [2.24, 2.45) is 14.1 Å². The van der Waals surface area contributed by atoms with E-state index in [0.717, 1.165) is 5.56 Å². The molecule has 2 aromatic heterocycles. The lowest BCUT2D eigenvalue weighted by Crippen LogP contribution is -2.22. The van der Waals surface area contributed by atoms with Crippen LogP contribution in [-0.2, 0) is 23.6 Å². The van der Waals surface area contributed by atoms with E-state index >= 15 is 0 Å². The number of anilines is 1. The highest BCUT2D eigenvalue weighted by atomic mass is 35.5. The molecule has 9 heteroatoms. The van der Waals surface area contributed by atoms with E-state index in [1.165, 1.54) is 28.4 Å². The van der Waals surface area contributed by atoms with Crippen LogP contribution in [0.15, 0.2) is 42.6 Å². The van der Waals surface area contributed by atoms with Crippen LogP contribution in [-0.4, -0.2) is 38.6 Å². The van der Waals surface area contributed by atoms with Gasteiger partial charge in [0, 0.05) is 42.5 Å². The van der Waals surface area contributed by atoms with Gasteiger partial charge in [0.2, 0.25) is 0 Å². The van der Waals surface area contributed by atoms with Gasteiger partial charge in [-0.3, -0.25) is 14.3 Å². The number of aryl methyl sites for hydroxylation is 2. The van der Waals surface area contributed by atoms with E-state index in [2.05, 4.69) is 10.4 Å². The number of esters is 1. The van der Waals surface area contributed by atoms with Crippen LogP contribution in [0.1, 0.15) is 27.8 Å². The number of hydrogen-bond acceptors (Lipinski definition) is 5. The Kier molecular flexibility index (Phi) is 5.84. The van der Waals surface area contributed by atoms with E-state index in [1.807, 2.05) is 12.1 Å². The molecule has 1 aromatic carbocycles. The number of nitrogens with one attached hydrogen (secondary N) is 1. The van der Waals surface area contributed by atoms with E-state index in [1.54, 1.807) is 32.3 Å². The fourth-order valence-electron chi connectivity index (χ4n) is 2.69. The maximum Gasteiger partial charge on any atom is 0.355 e. The average molecular weight is 415 g/mol. The molecule has 8 nitrogen and oxygen atoms in total. The van der Waals surface area contributed by atoms with Gasteiger partial charge in [0.15, 0.2) is 12.4 Å². The highest BCUT2D eigenvalue weighted by molar-refractivity contribution is 6.30. The standard InChI is InChI=1S/C20H19ClN4O4/c1-12(26)14-8-17(24(2)10-14)20(28)29-11-19(27)22-18-9-16(23-25(18)3)13-4-6-15(21)7-5-13/h4-10H,11H2,1-3H3,(H,22,27). The summed E-state index contributed by atoms with van der Waals surface area (Å²) in [5, 5.41) is 7.63. The van der Waals surface area contributed by atoms with E-state index in [-0.39, 0.29) is 11.5 Å². The first-order chi connectivity index (χ1) is 13.7. The number of halogens is 1. The lowest BCUT2D eigenvalue weighted by atomic mass is 10.1. The molecule has 0 saturated carbocycles. The number of ether oxygens (including phenoxy) is 1. The van der Waals surface area contributed by atoms with Gasteiger partial charge in [-0.05, 0) is 25.1 Å². The fraction of sp³-hybridized carbons (Fsp3) is 0.200. The summed E-state index contributed by atoms with van der Waals surface area (Å²) in [5.41, 5.74) is 2.10. The number of carbonyl (C=O) groups is 3. The largest absolute Gasteiger partial charge is 0.451 e. The summed E-state index contributed by atoms with van der Waals surface area (Å²) in [4.78, 5) is 35.8. The van der Waals surface area contributed by atoms with Gasteiger partial charge in [0.25, 0.3) is 5.91 Å². The molecule has 0 radical (unpaired) electrons. The van der Waals surface area contributed by atoms with Gasteiger partial charge in [-0.2, -0.15) is 5.10 Å². The molecule has 3 rings (SSSR count). The quantitative estimate of drug-likeness (QED) is 0.494. The van der Waals surface area contributed by atoms with Crippen molar-refractivity contribution >= 4 is 35.1 Å². The molecule has 0 aliphatic rings. The third-order valence-electron chi connectivity index (χ3n) is 4.24. The zero-order valence-corrected chi connectivity index (χ0v) is 16.9. The summed E-state index contributed by atoms with van der Waals surface area (Å²) in [7, 11) is 3.31. The van der Waals surface area contributed by atoms with Gasteiger partial charge >= 0.3 is 5.97 Å². The Hall–Kier alpha value is -3.39. The molecule has 1 N–H and O–H groups in total. The Morgan fingerprint density at radius 2 is 1.83 bits per heavy atom. The SMILES string of the molecule is CC(=O)c1cc(C(=O)OCC(=O)Nc2cc(-c3ccc(Cl)cc3)nn2C)n(C)c1. The number of amides is 1. The van der Waals surface area contributed by atoms with Crippen LogP contribution in [0.2, 0.25) is 5.02 Å². The van der Waals surface area contributed by atoms with E-state index in [9.17, 15) is 14.4 Å². The summed E-state index contributed by atoms with van der Waals surface area (Å²) in [6.45, 7) is 0.935. The Bertz CT molecular complexity index is 1080. The van der Waals surface area contributed by atoms with Gasteiger partial charge in [-0.25, -0.2) is 4.79 Å². The van der Waals surface area contributed by atoms with Crippen molar-refractivity contribution in [3.63, 3.8) is 0 Å². The van der Waals surface area contributed by atoms with Crippen LogP contribution >= 0.6 is 11.6 Å². The predicted molar refractivity (Wildman–Crippen MR) is 108 cm³/mol. The topological polar surface area (TPSA) is 95.2 Å². The van der Waals surface area contributed by atoms with Crippen LogP contribution < -0.4 is 5.32 Å². The van der Waals surface area contributed by atoms with Crippen molar-refractivity contribution in [3.05, 3.63) is 58.9 Å². The zero-order chi connectivity index (χ0) is 21.1. The number of ketones is 1. The minimum Gasteiger partial charge on any atom is -0.451 e. The van der Waals surface area contributed by atoms with Gasteiger partial charge in [0.05, 0.1) is 5.69 Å². The lowest BCUT2D eigenvalue weighted by Gasteiger charge is -2.07. The Morgan fingerprint density at radius 3 is 2.45 bits per heavy atom. The molecule has 3 aromatic rings. The second-order valence-corrected chi connectivity index (χ2v) is 6.89. The molecule has 150 valence electrons. The highest BCUT2D eigenvalue weighted by Gasteiger charge is 2.17. The number of carbonyl (C=O) groups excluding carboxylic acids is 3. The highest BCUT2D eigenvalue weighted by Crippen LogP contribution is 2.23. The number of rotatable bonds is 6. The molecule has 2 heterocycles. The summed E-state index contributed by atoms with van der Waals surface area (Å²) in [5.74, 6) is -0.911. The maximum atomic E-state index is 12.2. The number of Topliss-reactive ketones (excluding diaryl/α,β-unsaturated/α-hetero) is 1. The van der Waals surface area contributed by atoms with Crippen LogP contribution in [0.5, 0.6) is 0 Å². The molecule has 0 unspecified atom stereocenters. The van der Waals surface area contributed by atoms with Gasteiger partial charge in [0.1, 0.15) is 11.5 Å². The summed E-state index contributed by atoms with van der Waals surface area (Å²) in [6, 6.07) is 10.3. The van der Waals surface area contributed by atoms with E-state index in [0.29, 0.717) is 22.1 Å². The third kappa shape index (κ3) is 4.72. The number of benzene rings is 1. The van der Waals surface area contributed by atoms with Crippen molar-refractivity contribution in [2.75, 3.05) is 11.9 Å². The zero-order valence-electron chi connectivity index (χ0n) is 16.1. The number of nitrogens with zero attached hydrogens (tertiary/aromatic N) is 3. The van der Waals surface area contributed by atoms with Crippen molar-refractivity contribution in [3.8, 4) is 11.3 Å². The predicted octanol–water partition coefficient (Wildman–Crippen LogP) is 3.08. The Labute approximate surface area is 172 Å². The lowest BCUT2D eigenvalue weighted by molar-refractivity contribution is -0.119. The van der Waals surface area contributed by atoms with Gasteiger partial charge < -0.3 is 14.6 Å². The van der Waals surface area contributed by atoms with Crippen LogP contribution in [0.25, 0.3) is 11.3 Å². The molecule has 0 saturated heterocycles. The summed E-state index contributed by atoms with van der Waals surface area (Å²) in [6.07, 6.45) is 1.53. The maximum absolute atomic E-state index is 12.2. The minimum absolute atomic E-state index is 0.162. The summed E-state index contributed by atoms with van der Waals surface area (Å²) >= 11 is 5.89. The Balaban J connectivity index is 1.62. The molecule has 1 amide bonds. The normalized spacial score (nSPS) is 10.6. The molecule has 0 aliphatic carbocycles. The molecule has 0 aliphatic heterocycles. The fourth-order valence-corrected chi connectivity index (χ4v) is 2.82. The summed E-state index contributed by atoms with van der Waals surface area (Å²) < 4.78 is 8.05. The number of aromatic nitrogens is 3. The number of hydrogen-bond donors (Lipinski definition) is 1. The second kappa shape index (κ2) is 8.32. The van der Waals surface area contributed by atoms with E-state index < -0.39 is 18.5 Å².